The summed E-state index contributed by atoms with van der Waals surface area (Å²) in [6.45, 7) is 3.71. The first kappa shape index (κ1) is 11.6. The first-order chi connectivity index (χ1) is 6.83. The Morgan fingerprint density at radius 2 is 2.27 bits per heavy atom. The molecule has 0 fully saturated rings. The number of hydrogen-bond acceptors (Lipinski definition) is 2. The minimum absolute atomic E-state index is 0.0669. The Morgan fingerprint density at radius 3 is 2.67 bits per heavy atom. The van der Waals surface area contributed by atoms with Gasteiger partial charge in [0.15, 0.2) is 0 Å². The molecule has 1 heterocycles. The molecule has 0 aromatic carbocycles. The largest absolute Gasteiger partial charge is 0.477 e. The summed E-state index contributed by atoms with van der Waals surface area (Å²) in [5, 5.41) is 12.1. The first-order valence-corrected chi connectivity index (χ1v) is 4.47. The van der Waals surface area contributed by atoms with Gasteiger partial charge in [0.25, 0.3) is 0 Å². The van der Waals surface area contributed by atoms with E-state index in [-0.39, 0.29) is 11.6 Å². The number of aromatic nitrogens is 2. The number of hydrogen-bond donors (Lipinski definition) is 1. The van der Waals surface area contributed by atoms with Crippen LogP contribution in [-0.4, -0.2) is 26.8 Å². The highest BCUT2D eigenvalue weighted by Gasteiger charge is 2.39. The molecule has 0 atom stereocenters. The molecule has 15 heavy (non-hydrogen) atoms. The number of carbonyl (C=O) groups is 1. The number of halogens is 2. The molecule has 0 saturated heterocycles. The number of carboxylic acid groups (broad SMARTS) is 1. The molecule has 0 aliphatic carbocycles. The van der Waals surface area contributed by atoms with Gasteiger partial charge in [-0.1, -0.05) is 0 Å². The molecule has 0 spiro atoms. The Morgan fingerprint density at radius 1 is 1.67 bits per heavy atom. The molecular formula is C9H12F2N2O2. The van der Waals surface area contributed by atoms with Gasteiger partial charge >= 0.3 is 11.9 Å². The third-order valence-corrected chi connectivity index (χ3v) is 1.92. The van der Waals surface area contributed by atoms with Crippen molar-refractivity contribution in [1.82, 2.24) is 9.78 Å². The van der Waals surface area contributed by atoms with E-state index < -0.39 is 18.3 Å². The maximum Gasteiger partial charge on any atom is 0.374 e. The molecule has 1 aromatic heterocycles. The van der Waals surface area contributed by atoms with Gasteiger partial charge in [-0.3, -0.25) is 4.68 Å². The molecule has 6 heteroatoms. The number of aliphatic carboxylic acids is 1. The second-order valence-corrected chi connectivity index (χ2v) is 3.61. The van der Waals surface area contributed by atoms with E-state index in [4.69, 9.17) is 5.11 Å². The van der Waals surface area contributed by atoms with E-state index in [9.17, 15) is 13.6 Å². The zero-order valence-corrected chi connectivity index (χ0v) is 8.44. The Hall–Kier alpha value is -1.46. The van der Waals surface area contributed by atoms with Crippen LogP contribution in [0.5, 0.6) is 0 Å². The van der Waals surface area contributed by atoms with Crippen LogP contribution in [0.4, 0.5) is 8.78 Å². The Bertz CT molecular complexity index is 361. The van der Waals surface area contributed by atoms with E-state index in [1.165, 1.54) is 17.1 Å². The van der Waals surface area contributed by atoms with Crippen molar-refractivity contribution in [2.24, 2.45) is 0 Å². The normalized spacial score (nSPS) is 12.1. The van der Waals surface area contributed by atoms with Crippen LogP contribution in [0, 0.1) is 0 Å². The average Bonchev–Trinajstić information content (AvgIpc) is 2.51. The first-order valence-electron chi connectivity index (χ1n) is 4.47. The van der Waals surface area contributed by atoms with Gasteiger partial charge in [-0.25, -0.2) is 4.79 Å². The Kier molecular flexibility index (Phi) is 3.06. The minimum Gasteiger partial charge on any atom is -0.477 e. The highest BCUT2D eigenvalue weighted by Crippen LogP contribution is 2.20. The van der Waals surface area contributed by atoms with Crippen LogP contribution in [0.25, 0.3) is 0 Å². The number of alkyl halides is 2. The molecule has 0 unspecified atom stereocenters. The molecule has 0 radical (unpaired) electrons. The van der Waals surface area contributed by atoms with Crippen molar-refractivity contribution in [1.29, 1.82) is 0 Å². The molecular weight excluding hydrogens is 206 g/mol. The van der Waals surface area contributed by atoms with Crippen molar-refractivity contribution < 1.29 is 18.7 Å². The van der Waals surface area contributed by atoms with Crippen LogP contribution in [0.1, 0.15) is 25.5 Å². The van der Waals surface area contributed by atoms with Gasteiger partial charge in [0, 0.05) is 12.2 Å². The van der Waals surface area contributed by atoms with Crippen LogP contribution in [0.2, 0.25) is 0 Å². The van der Waals surface area contributed by atoms with Crippen molar-refractivity contribution in [2.45, 2.75) is 32.2 Å². The lowest BCUT2D eigenvalue weighted by molar-refractivity contribution is -0.164. The SMILES string of the molecule is CC(C)n1cc(CC(F)(F)C(=O)O)cn1. The molecule has 1 rings (SSSR count). The topological polar surface area (TPSA) is 55.1 Å². The number of carboxylic acids is 1. The quantitative estimate of drug-likeness (QED) is 0.837. The fraction of sp³-hybridized carbons (Fsp3) is 0.556. The van der Waals surface area contributed by atoms with Gasteiger partial charge in [0.1, 0.15) is 0 Å². The zero-order valence-electron chi connectivity index (χ0n) is 8.44. The van der Waals surface area contributed by atoms with Gasteiger partial charge in [-0.15, -0.1) is 0 Å². The monoisotopic (exact) mass is 218 g/mol. The van der Waals surface area contributed by atoms with Crippen LogP contribution in [-0.2, 0) is 11.2 Å². The van der Waals surface area contributed by atoms with E-state index in [1.807, 2.05) is 13.8 Å². The summed E-state index contributed by atoms with van der Waals surface area (Å²) in [5.41, 5.74) is 0.219. The fourth-order valence-corrected chi connectivity index (χ4v) is 1.08. The van der Waals surface area contributed by atoms with E-state index in [2.05, 4.69) is 5.10 Å². The second kappa shape index (κ2) is 3.96. The third-order valence-electron chi connectivity index (χ3n) is 1.92. The molecule has 0 saturated carbocycles. The second-order valence-electron chi connectivity index (χ2n) is 3.61. The summed E-state index contributed by atoms with van der Waals surface area (Å²) in [4.78, 5) is 10.2. The van der Waals surface area contributed by atoms with E-state index >= 15 is 0 Å². The molecule has 4 nitrogen and oxygen atoms in total. The molecule has 0 aliphatic rings. The lowest BCUT2D eigenvalue weighted by Gasteiger charge is -2.08. The van der Waals surface area contributed by atoms with E-state index in [1.54, 1.807) is 0 Å². The predicted octanol–water partition coefficient (Wildman–Crippen LogP) is 1.73. The number of nitrogens with zero attached hydrogens (tertiary/aromatic N) is 2. The molecule has 1 aromatic rings. The lowest BCUT2D eigenvalue weighted by Crippen LogP contribution is -2.30. The minimum atomic E-state index is -3.73. The van der Waals surface area contributed by atoms with Crippen molar-refractivity contribution in [3.8, 4) is 0 Å². The number of rotatable bonds is 4. The summed E-state index contributed by atoms with van der Waals surface area (Å²) >= 11 is 0. The summed E-state index contributed by atoms with van der Waals surface area (Å²) in [7, 11) is 0. The molecule has 1 N–H and O–H groups in total. The molecule has 0 aliphatic heterocycles. The maximum atomic E-state index is 12.8. The average molecular weight is 218 g/mol. The molecule has 84 valence electrons. The van der Waals surface area contributed by atoms with E-state index in [0.29, 0.717) is 0 Å². The van der Waals surface area contributed by atoms with Crippen molar-refractivity contribution in [2.75, 3.05) is 0 Å². The summed E-state index contributed by atoms with van der Waals surface area (Å²) in [6, 6.07) is 0.0669. The standard InChI is InChI=1S/C9H12F2N2O2/c1-6(2)13-5-7(4-12-13)3-9(10,11)8(14)15/h4-6H,3H2,1-2H3,(H,14,15). The smallest absolute Gasteiger partial charge is 0.374 e. The van der Waals surface area contributed by atoms with Crippen molar-refractivity contribution >= 4 is 5.97 Å². The predicted molar refractivity (Wildman–Crippen MR) is 48.9 cm³/mol. The van der Waals surface area contributed by atoms with Crippen LogP contribution < -0.4 is 0 Å². The summed E-state index contributed by atoms with van der Waals surface area (Å²) in [6.07, 6.45) is 1.87. The van der Waals surface area contributed by atoms with E-state index in [0.717, 1.165) is 0 Å². The van der Waals surface area contributed by atoms with Gasteiger partial charge in [0.05, 0.1) is 12.6 Å². The summed E-state index contributed by atoms with van der Waals surface area (Å²) < 4.78 is 27.1. The molecule has 0 bridgehead atoms. The lowest BCUT2D eigenvalue weighted by atomic mass is 10.1. The van der Waals surface area contributed by atoms with Crippen molar-refractivity contribution in [3.63, 3.8) is 0 Å². The molecule has 0 amide bonds. The van der Waals surface area contributed by atoms with Crippen LogP contribution in [0.3, 0.4) is 0 Å². The highest BCUT2D eigenvalue weighted by atomic mass is 19.3. The Labute approximate surface area is 85.5 Å². The van der Waals surface area contributed by atoms with Gasteiger partial charge in [-0.05, 0) is 19.4 Å². The van der Waals surface area contributed by atoms with Crippen LogP contribution >= 0.6 is 0 Å². The highest BCUT2D eigenvalue weighted by molar-refractivity contribution is 5.75. The van der Waals surface area contributed by atoms with Crippen LogP contribution in [0.15, 0.2) is 12.4 Å². The summed E-state index contributed by atoms with van der Waals surface area (Å²) in [5.74, 6) is -5.84. The van der Waals surface area contributed by atoms with Gasteiger partial charge in [0.2, 0.25) is 0 Å². The third kappa shape index (κ3) is 2.74. The Balaban J connectivity index is 2.77. The van der Waals surface area contributed by atoms with Gasteiger partial charge < -0.3 is 5.11 Å². The van der Waals surface area contributed by atoms with Crippen molar-refractivity contribution in [3.05, 3.63) is 18.0 Å². The van der Waals surface area contributed by atoms with Gasteiger partial charge in [-0.2, -0.15) is 13.9 Å². The fourth-order valence-electron chi connectivity index (χ4n) is 1.08. The zero-order chi connectivity index (χ0) is 11.6. The maximum absolute atomic E-state index is 12.8.